The topological polar surface area (TPSA) is 184 Å². The first kappa shape index (κ1) is 45.9. The molecule has 8 rings (SSSR count). The number of hydrogen-bond acceptors (Lipinski definition) is 14. The maximum atomic E-state index is 13.8. The molecule has 16 heteroatoms. The third kappa shape index (κ3) is 10.6. The van der Waals surface area contributed by atoms with Crippen molar-refractivity contribution in [1.82, 2.24) is 19.5 Å². The lowest BCUT2D eigenvalue weighted by atomic mass is 9.80. The molecule has 0 unspecified atom stereocenters. The van der Waals surface area contributed by atoms with Crippen molar-refractivity contribution in [2.24, 2.45) is 5.92 Å². The maximum absolute atomic E-state index is 13.8. The number of rotatable bonds is 18. The molecule has 0 bridgehead atoms. The van der Waals surface area contributed by atoms with Crippen LogP contribution >= 0.6 is 0 Å². The fourth-order valence-corrected chi connectivity index (χ4v) is 7.84. The van der Waals surface area contributed by atoms with E-state index >= 15 is 0 Å². The van der Waals surface area contributed by atoms with Crippen LogP contribution < -0.4 is 20.3 Å². The number of hydrogen-bond donors (Lipinski definition) is 2. The average Bonchev–Trinajstić information content (AvgIpc) is 3.94. The van der Waals surface area contributed by atoms with Gasteiger partial charge in [0.25, 0.3) is 5.56 Å². The molecule has 346 valence electrons. The van der Waals surface area contributed by atoms with Gasteiger partial charge in [0, 0.05) is 6.54 Å². The van der Waals surface area contributed by atoms with Gasteiger partial charge in [0.2, 0.25) is 5.95 Å². The van der Waals surface area contributed by atoms with Gasteiger partial charge in [-0.2, -0.15) is 4.98 Å². The second-order valence-corrected chi connectivity index (χ2v) is 16.1. The molecule has 2 aromatic heterocycles. The number of nitrogens with one attached hydrogen (secondary N) is 2. The zero-order valence-electron chi connectivity index (χ0n) is 37.4. The minimum atomic E-state index is -1.44. The first-order valence-electron chi connectivity index (χ1n) is 21.7. The number of ether oxygens (including phenoxy) is 8. The molecule has 16 nitrogen and oxygen atoms in total. The molecule has 1 aliphatic rings. The number of benzene rings is 5. The van der Waals surface area contributed by atoms with Crippen LogP contribution in [-0.2, 0) is 47.2 Å². The van der Waals surface area contributed by atoms with Gasteiger partial charge < -0.3 is 43.2 Å². The average molecular weight is 910 g/mol. The minimum absolute atomic E-state index is 0.00866. The van der Waals surface area contributed by atoms with Crippen molar-refractivity contribution in [3.05, 3.63) is 184 Å². The van der Waals surface area contributed by atoms with Crippen LogP contribution in [0.1, 0.15) is 47.9 Å². The van der Waals surface area contributed by atoms with E-state index in [4.69, 9.17) is 42.9 Å². The van der Waals surface area contributed by atoms with Crippen LogP contribution in [0.2, 0.25) is 0 Å². The van der Waals surface area contributed by atoms with Crippen LogP contribution in [0.15, 0.2) is 151 Å². The number of nitrogens with zero attached hydrogens (tertiary/aromatic N) is 3. The number of anilines is 1. The molecule has 67 heavy (non-hydrogen) atoms. The number of carbonyl (C=O) groups excluding carboxylic acids is 2. The monoisotopic (exact) mass is 909 g/mol. The first-order valence-corrected chi connectivity index (χ1v) is 21.7. The molecule has 0 aliphatic carbocycles. The van der Waals surface area contributed by atoms with Gasteiger partial charge in [-0.05, 0) is 58.0 Å². The summed E-state index contributed by atoms with van der Waals surface area (Å²) >= 11 is 0. The second kappa shape index (κ2) is 21.1. The molecule has 5 aromatic carbocycles. The van der Waals surface area contributed by atoms with Crippen molar-refractivity contribution in [2.75, 3.05) is 32.7 Å². The highest BCUT2D eigenvalue weighted by Gasteiger charge is 2.53. The molecule has 1 saturated heterocycles. The molecule has 0 radical (unpaired) electrons. The van der Waals surface area contributed by atoms with Gasteiger partial charge in [-0.1, -0.05) is 129 Å². The fourth-order valence-electron chi connectivity index (χ4n) is 7.84. The largest absolute Gasteiger partial charge is 0.509 e. The summed E-state index contributed by atoms with van der Waals surface area (Å²) in [5.74, 6) is 1.68. The van der Waals surface area contributed by atoms with Crippen molar-refractivity contribution in [3.63, 3.8) is 0 Å². The molecule has 1 aliphatic heterocycles. The number of methoxy groups -OCH3 is 2. The molecule has 4 atom stereocenters. The number of aromatic nitrogens is 4. The molecule has 0 amide bonds. The zero-order valence-corrected chi connectivity index (χ0v) is 37.4. The lowest BCUT2D eigenvalue weighted by molar-refractivity contribution is -0.0990. The highest BCUT2D eigenvalue weighted by Crippen LogP contribution is 2.44. The molecule has 0 saturated carbocycles. The van der Waals surface area contributed by atoms with E-state index in [1.807, 2.05) is 129 Å². The predicted molar refractivity (Wildman–Crippen MR) is 247 cm³/mol. The Labute approximate surface area is 386 Å². The highest BCUT2D eigenvalue weighted by atomic mass is 16.8. The Morgan fingerprint density at radius 1 is 0.716 bits per heavy atom. The third-order valence-electron chi connectivity index (χ3n) is 11.2. The lowest BCUT2D eigenvalue weighted by Gasteiger charge is -2.37. The second-order valence-electron chi connectivity index (χ2n) is 16.1. The van der Waals surface area contributed by atoms with E-state index in [-0.39, 0.29) is 42.9 Å². The van der Waals surface area contributed by atoms with Crippen LogP contribution in [0.3, 0.4) is 0 Å². The van der Waals surface area contributed by atoms with Crippen LogP contribution in [0, 0.1) is 5.92 Å². The normalized spacial score (nSPS) is 16.9. The van der Waals surface area contributed by atoms with E-state index in [1.165, 1.54) is 10.9 Å². The summed E-state index contributed by atoms with van der Waals surface area (Å²) in [6, 6.07) is 42.8. The summed E-state index contributed by atoms with van der Waals surface area (Å²) in [5.41, 5.74) is 1.87. The molecular formula is C51H51N5O11. The van der Waals surface area contributed by atoms with E-state index in [0.717, 1.165) is 16.7 Å². The molecule has 3 heterocycles. The Morgan fingerprint density at radius 3 is 1.75 bits per heavy atom. The van der Waals surface area contributed by atoms with Gasteiger partial charge >= 0.3 is 12.3 Å². The van der Waals surface area contributed by atoms with E-state index in [2.05, 4.69) is 15.3 Å². The van der Waals surface area contributed by atoms with E-state index in [9.17, 15) is 14.4 Å². The van der Waals surface area contributed by atoms with Gasteiger partial charge in [0.05, 0.1) is 27.2 Å². The lowest BCUT2D eigenvalue weighted by Crippen LogP contribution is -2.43. The Kier molecular flexibility index (Phi) is 14.4. The van der Waals surface area contributed by atoms with Gasteiger partial charge in [-0.25, -0.2) is 14.6 Å². The van der Waals surface area contributed by atoms with E-state index in [1.54, 1.807) is 38.5 Å². The minimum Gasteiger partial charge on any atom is -0.497 e. The van der Waals surface area contributed by atoms with Crippen LogP contribution in [0.4, 0.5) is 15.5 Å². The van der Waals surface area contributed by atoms with Crippen molar-refractivity contribution >= 4 is 29.4 Å². The van der Waals surface area contributed by atoms with E-state index in [0.29, 0.717) is 29.2 Å². The third-order valence-corrected chi connectivity index (χ3v) is 11.2. The summed E-state index contributed by atoms with van der Waals surface area (Å²) in [6.07, 6.45) is -6.14. The summed E-state index contributed by atoms with van der Waals surface area (Å²) < 4.78 is 50.1. The summed E-state index contributed by atoms with van der Waals surface area (Å²) in [5, 5.41) is 3.15. The molecular weight excluding hydrogens is 859 g/mol. The smallest absolute Gasteiger partial charge is 0.497 e. The number of aromatic amines is 1. The Bertz CT molecular complexity index is 2720. The predicted octanol–water partition coefficient (Wildman–Crippen LogP) is 8.55. The molecule has 1 fully saturated rings. The number of H-pyrrole nitrogens is 1. The number of imidazole rings is 1. The SMILES string of the molecule is COc1ccc(C(OC[C@H]2O[C@@H](n3cnc4c(=O)[nH]c(NCC(C)C)nc43)[C@H](OC(=O)OCc3ccccc3)[C@@H]2OC(=O)OCc2ccccc2)(c2ccccc2)c2ccc(OC)cc2)cc1. The number of carbonyl (C=O) groups is 2. The van der Waals surface area contributed by atoms with Crippen LogP contribution in [0.5, 0.6) is 11.5 Å². The zero-order chi connectivity index (χ0) is 46.8. The molecule has 0 spiro atoms. The van der Waals surface area contributed by atoms with Gasteiger partial charge in [0.15, 0.2) is 29.6 Å². The fraction of sp³-hybridized carbons (Fsp3) is 0.275. The van der Waals surface area contributed by atoms with Gasteiger partial charge in [0.1, 0.15) is 36.4 Å². The first-order chi connectivity index (χ1) is 32.6. The van der Waals surface area contributed by atoms with Gasteiger partial charge in [-0.15, -0.1) is 0 Å². The van der Waals surface area contributed by atoms with Crippen LogP contribution in [-0.4, -0.2) is 77.5 Å². The standard InChI is InChI=1S/C51H51N5O11/c1-33(2)28-52-48-54-45-42(46(57)55-48)53-32-56(45)47-44(67-50(59)63-30-35-16-10-6-11-17-35)43(66-49(58)62-29-34-14-8-5-9-15-34)41(65-47)31-64-51(36-18-12-7-13-19-36,37-20-24-39(60-3)25-21-37)38-22-26-40(61-4)27-23-38/h5-27,32-33,41,43-44,47H,28-31H2,1-4H3,(H2,52,54,55,57)/t41-,43-,44-,47-/m1/s1. The van der Waals surface area contributed by atoms with Crippen LogP contribution in [0.25, 0.3) is 11.2 Å². The quantitative estimate of drug-likeness (QED) is 0.0617. The Hall–Kier alpha value is -7.69. The Morgan fingerprint density at radius 2 is 1.22 bits per heavy atom. The summed E-state index contributed by atoms with van der Waals surface area (Å²) in [4.78, 5) is 52.9. The maximum Gasteiger partial charge on any atom is 0.509 e. The Balaban J connectivity index is 1.22. The summed E-state index contributed by atoms with van der Waals surface area (Å²) in [6.45, 7) is 4.03. The van der Waals surface area contributed by atoms with Crippen molar-refractivity contribution in [2.45, 2.75) is 57.2 Å². The highest BCUT2D eigenvalue weighted by molar-refractivity contribution is 5.71. The van der Waals surface area contributed by atoms with E-state index < -0.39 is 48.0 Å². The van der Waals surface area contributed by atoms with Crippen molar-refractivity contribution < 1.29 is 47.5 Å². The molecule has 2 N–H and O–H groups in total. The summed E-state index contributed by atoms with van der Waals surface area (Å²) in [7, 11) is 3.18. The van der Waals surface area contributed by atoms with Crippen molar-refractivity contribution in [3.8, 4) is 11.5 Å². The molecule has 7 aromatic rings. The van der Waals surface area contributed by atoms with Crippen molar-refractivity contribution in [1.29, 1.82) is 0 Å². The number of fused-ring (bicyclic) bond motifs is 1. The van der Waals surface area contributed by atoms with Gasteiger partial charge in [-0.3, -0.25) is 14.3 Å².